The van der Waals surface area contributed by atoms with Crippen LogP contribution in [0.1, 0.15) is 303 Å². The molecule has 0 spiro atoms. The van der Waals surface area contributed by atoms with Crippen molar-refractivity contribution in [3.63, 3.8) is 0 Å². The van der Waals surface area contributed by atoms with Crippen molar-refractivity contribution in [2.45, 2.75) is 322 Å². The first kappa shape index (κ1) is 86.0. The highest BCUT2D eigenvalue weighted by molar-refractivity contribution is 7.47. The first-order chi connectivity index (χ1) is 43.2. The third-order valence-corrected chi connectivity index (χ3v) is 16.8. The molecule has 0 saturated heterocycles. The summed E-state index contributed by atoms with van der Waals surface area (Å²) in [6.45, 7) is 2.58. The Balaban J connectivity index is 4.37. The molecule has 0 saturated carbocycles. The van der Waals surface area contributed by atoms with E-state index in [1.165, 1.54) is 122 Å². The van der Waals surface area contributed by atoms with Crippen LogP contribution in [0.4, 0.5) is 0 Å². The van der Waals surface area contributed by atoms with Gasteiger partial charge in [0.05, 0.1) is 26.4 Å². The van der Waals surface area contributed by atoms with E-state index in [1.54, 1.807) is 0 Å². The quantitative estimate of drug-likeness (QED) is 0.0146. The fraction of sp³-hybridized carbons (Fsp3) is 0.789. The summed E-state index contributed by atoms with van der Waals surface area (Å²) in [5, 5.41) is 20.5. The fourth-order valence-electron chi connectivity index (χ4n) is 9.41. The summed E-state index contributed by atoms with van der Waals surface area (Å²) < 4.78 is 60.8. The molecule has 5 atom stereocenters. The number of unbranched alkanes of at least 4 members (excludes halogenated alkanes) is 32. The van der Waals surface area contributed by atoms with Gasteiger partial charge in [-0.25, -0.2) is 9.13 Å². The molecule has 0 aromatic rings. The highest BCUT2D eigenvalue weighted by Gasteiger charge is 2.29. The predicted octanol–water partition coefficient (Wildman–Crippen LogP) is 19.5. The van der Waals surface area contributed by atoms with Crippen LogP contribution in [0.3, 0.4) is 0 Å². The van der Waals surface area contributed by atoms with E-state index in [4.69, 9.17) is 32.3 Å². The maximum Gasteiger partial charge on any atom is 0.472 e. The number of carbonyl (C=O) groups is 3. The largest absolute Gasteiger partial charge is 0.472 e. The minimum absolute atomic E-state index is 0.0949. The summed E-state index contributed by atoms with van der Waals surface area (Å²) in [5.41, 5.74) is 0. The van der Waals surface area contributed by atoms with Crippen LogP contribution >= 0.6 is 15.6 Å². The van der Waals surface area contributed by atoms with Gasteiger partial charge in [-0.05, 0) is 109 Å². The van der Waals surface area contributed by atoms with Crippen LogP contribution in [-0.2, 0) is 55.8 Å². The van der Waals surface area contributed by atoms with Crippen LogP contribution in [-0.4, -0.2) is 95.9 Å². The molecule has 0 aliphatic heterocycles. The third kappa shape index (κ3) is 66.3. The lowest BCUT2D eigenvalue weighted by Gasteiger charge is -2.21. The average molecular weight is 1300 g/mol. The van der Waals surface area contributed by atoms with E-state index in [0.717, 1.165) is 122 Å². The van der Waals surface area contributed by atoms with Gasteiger partial charge in [0, 0.05) is 19.3 Å². The van der Waals surface area contributed by atoms with Gasteiger partial charge in [0.15, 0.2) is 6.10 Å². The Morgan fingerprint density at radius 3 is 0.955 bits per heavy atom. The van der Waals surface area contributed by atoms with E-state index in [9.17, 15) is 43.5 Å². The number of rotatable bonds is 67. The summed E-state index contributed by atoms with van der Waals surface area (Å²) in [4.78, 5) is 58.2. The van der Waals surface area contributed by atoms with Crippen LogP contribution in [0.5, 0.6) is 0 Å². The lowest BCUT2D eigenvalue weighted by atomic mass is 10.0. The molecule has 0 rings (SSSR count). The predicted molar refractivity (Wildman–Crippen MR) is 362 cm³/mol. The van der Waals surface area contributed by atoms with Crippen LogP contribution in [0.2, 0.25) is 0 Å². The maximum atomic E-state index is 12.8. The molecule has 0 radical (unpaired) electrons. The number of aliphatic hydroxyl groups is 2. The number of ether oxygens (including phenoxy) is 3. The number of allylic oxidation sites excluding steroid dienone is 12. The zero-order chi connectivity index (χ0) is 65.3. The number of carbonyl (C=O) groups excluding carboxylic acids is 3. The molecule has 0 amide bonds. The van der Waals surface area contributed by atoms with Gasteiger partial charge in [-0.3, -0.25) is 32.5 Å². The highest BCUT2D eigenvalue weighted by atomic mass is 31.2. The molecule has 4 N–H and O–H groups in total. The molecule has 5 unspecified atom stereocenters. The lowest BCUT2D eigenvalue weighted by Crippen LogP contribution is -2.30. The number of phosphoric acid groups is 2. The summed E-state index contributed by atoms with van der Waals surface area (Å²) >= 11 is 0. The number of phosphoric ester groups is 2. The van der Waals surface area contributed by atoms with Crippen molar-refractivity contribution in [2.24, 2.45) is 0 Å². The second-order valence-electron chi connectivity index (χ2n) is 23.7. The molecule has 16 nitrogen and oxygen atoms in total. The summed E-state index contributed by atoms with van der Waals surface area (Å²) in [5.74, 6) is -1.59. The molecule has 0 fully saturated rings. The maximum absolute atomic E-state index is 12.8. The summed E-state index contributed by atoms with van der Waals surface area (Å²) in [6, 6.07) is 0. The number of aliphatic hydroxyl groups excluding tert-OH is 2. The van der Waals surface area contributed by atoms with E-state index in [-0.39, 0.29) is 19.3 Å². The van der Waals surface area contributed by atoms with Crippen molar-refractivity contribution in [1.82, 2.24) is 0 Å². The number of hydrogen-bond acceptors (Lipinski definition) is 14. The van der Waals surface area contributed by atoms with Crippen LogP contribution < -0.4 is 0 Å². The first-order valence-electron chi connectivity index (χ1n) is 35.2. The van der Waals surface area contributed by atoms with Crippen LogP contribution in [0.15, 0.2) is 72.9 Å². The zero-order valence-corrected chi connectivity index (χ0v) is 57.9. The van der Waals surface area contributed by atoms with Gasteiger partial charge in [0.1, 0.15) is 25.4 Å². The molecule has 0 bridgehead atoms. The van der Waals surface area contributed by atoms with E-state index >= 15 is 0 Å². The van der Waals surface area contributed by atoms with Crippen LogP contribution in [0, 0.1) is 0 Å². The summed E-state index contributed by atoms with van der Waals surface area (Å²) in [6.07, 6.45) is 68.4. The van der Waals surface area contributed by atoms with Crippen molar-refractivity contribution in [3.05, 3.63) is 72.9 Å². The van der Waals surface area contributed by atoms with Crippen molar-refractivity contribution in [3.8, 4) is 0 Å². The van der Waals surface area contributed by atoms with E-state index in [0.29, 0.717) is 19.3 Å². The summed E-state index contributed by atoms with van der Waals surface area (Å²) in [7, 11) is -9.76. The molecule has 0 aliphatic rings. The molecule has 518 valence electrons. The molecule has 0 aromatic carbocycles. The van der Waals surface area contributed by atoms with Gasteiger partial charge < -0.3 is 34.2 Å². The Hall–Kier alpha value is -3.01. The number of hydrogen-bond donors (Lipinski definition) is 4. The Kier molecular flexibility index (Phi) is 62.9. The van der Waals surface area contributed by atoms with Crippen molar-refractivity contribution in [2.75, 3.05) is 39.6 Å². The molecule has 0 aliphatic carbocycles. The Bertz CT molecular complexity index is 1920. The molecular formula is C71H128O16P2. The second kappa shape index (κ2) is 65.1. The Morgan fingerprint density at radius 2 is 0.573 bits per heavy atom. The number of esters is 3. The van der Waals surface area contributed by atoms with E-state index in [1.807, 2.05) is 0 Å². The molecule has 0 heterocycles. The van der Waals surface area contributed by atoms with E-state index in [2.05, 4.69) is 93.7 Å². The lowest BCUT2D eigenvalue weighted by molar-refractivity contribution is -0.161. The Labute approximate surface area is 541 Å². The van der Waals surface area contributed by atoms with Crippen molar-refractivity contribution >= 4 is 33.6 Å². The standard InChI is InChI=1S/C71H128O16P2/c1-4-7-10-13-16-19-22-24-25-26-27-28-29-30-31-32-33-34-35-36-37-38-39-41-44-45-48-51-54-57-69(74)81-60-66(72)61-83-88(77,78)84-62-67(73)63-85-89(79,80)86-65-68(87-71(76)59-56-53-50-47-42-21-18-15-12-9-6-3)64-82-70(75)58-55-52-49-46-43-40-23-20-17-14-11-8-5-2/h15-16,18-20,23-25,27-28,30-31,66-68,72-73H,4-14,17,21-22,26,29,32-65H2,1-3H3,(H,77,78)(H,79,80)/b18-15-,19-16-,23-20-,25-24-,28-27-,31-30-. The van der Waals surface area contributed by atoms with E-state index < -0.39 is 91.5 Å². The van der Waals surface area contributed by atoms with Crippen molar-refractivity contribution < 1.29 is 75.8 Å². The average Bonchev–Trinajstić information content (AvgIpc) is 3.59. The molecule has 0 aromatic heterocycles. The van der Waals surface area contributed by atoms with Gasteiger partial charge in [-0.2, -0.15) is 0 Å². The topological polar surface area (TPSA) is 231 Å². The second-order valence-corrected chi connectivity index (χ2v) is 26.6. The van der Waals surface area contributed by atoms with Crippen molar-refractivity contribution in [1.29, 1.82) is 0 Å². The first-order valence-corrected chi connectivity index (χ1v) is 38.2. The zero-order valence-electron chi connectivity index (χ0n) is 56.1. The van der Waals surface area contributed by atoms with Gasteiger partial charge in [0.25, 0.3) is 0 Å². The monoisotopic (exact) mass is 1300 g/mol. The minimum Gasteiger partial charge on any atom is -0.463 e. The van der Waals surface area contributed by atoms with Gasteiger partial charge >= 0.3 is 33.6 Å². The highest BCUT2D eigenvalue weighted by Crippen LogP contribution is 2.45. The van der Waals surface area contributed by atoms with Crippen LogP contribution in [0.25, 0.3) is 0 Å². The van der Waals surface area contributed by atoms with Gasteiger partial charge in [-0.1, -0.05) is 248 Å². The Morgan fingerprint density at radius 1 is 0.315 bits per heavy atom. The normalized spacial score (nSPS) is 14.6. The van der Waals surface area contributed by atoms with Gasteiger partial charge in [-0.15, -0.1) is 0 Å². The smallest absolute Gasteiger partial charge is 0.463 e. The van der Waals surface area contributed by atoms with Gasteiger partial charge in [0.2, 0.25) is 0 Å². The fourth-order valence-corrected chi connectivity index (χ4v) is 11.0. The SMILES string of the molecule is CCCC/C=C\CCCCCCCC(=O)OC(COC(=O)CCCCCCC/C=C\CCCCCC)COP(=O)(O)OCC(O)COP(=O)(O)OCC(O)COC(=O)CCCCCCCCCCCCCCC/C=C\C/C=C\C/C=C\C/C=C\CCCCC. The minimum atomic E-state index is -4.92. The molecule has 18 heteroatoms. The third-order valence-electron chi connectivity index (χ3n) is 14.9. The molecule has 89 heavy (non-hydrogen) atoms. The molecular weight excluding hydrogens is 1170 g/mol.